The number of hydrogen-bond donors (Lipinski definition) is 3. The van der Waals surface area contributed by atoms with Crippen molar-refractivity contribution in [2.75, 3.05) is 26.2 Å². The lowest BCUT2D eigenvalue weighted by Crippen LogP contribution is -2.24. The van der Waals surface area contributed by atoms with E-state index >= 15 is 0 Å². The zero-order valence-corrected chi connectivity index (χ0v) is 11.3. The Morgan fingerprint density at radius 1 is 1.12 bits per heavy atom. The summed E-state index contributed by atoms with van der Waals surface area (Å²) in [4.78, 5) is 2.30. The summed E-state index contributed by atoms with van der Waals surface area (Å²) in [7, 11) is -5.17. The number of aliphatic hydroxyl groups is 1. The Labute approximate surface area is 97.4 Å². The second kappa shape index (κ2) is 14.7. The second-order valence-electron chi connectivity index (χ2n) is 2.51. The first-order valence-electron chi connectivity index (χ1n) is 4.35. The second-order valence-corrected chi connectivity index (χ2v) is 3.33. The molecule has 0 spiro atoms. The van der Waals surface area contributed by atoms with Crippen LogP contribution in [-0.4, -0.2) is 53.8 Å². The number of nitrogens with zero attached hydrogens (tertiary/aromatic N) is 1. The smallest absolute Gasteiger partial charge is 0.0443 e. The highest BCUT2D eigenvalue weighted by Gasteiger charge is 1.95. The first-order chi connectivity index (χ1) is 6.35. The molecule has 0 saturated carbocycles. The van der Waals surface area contributed by atoms with E-state index in [0.29, 0.717) is 6.61 Å². The molecule has 0 radical (unpaired) electrons. The molecule has 9 heteroatoms. The fraction of sp³-hybridized carbons (Fsp3) is 1.00. The van der Waals surface area contributed by atoms with Gasteiger partial charge in [0.05, 0.1) is 0 Å². The number of aliphatic hydroxyl groups excluding tert-OH is 1. The van der Waals surface area contributed by atoms with Crippen LogP contribution in [0, 0.1) is 0 Å². The molecule has 0 unspecified atom stereocenters. The van der Waals surface area contributed by atoms with Gasteiger partial charge in [0.15, 0.2) is 0 Å². The molecule has 16 heavy (non-hydrogen) atoms. The minimum Gasteiger partial charge on any atom is -0.759 e. The summed E-state index contributed by atoms with van der Waals surface area (Å²) >= 11 is 0. The minimum atomic E-state index is -5.17. The van der Waals surface area contributed by atoms with Gasteiger partial charge in [-0.05, 0) is 19.5 Å². The van der Waals surface area contributed by atoms with Crippen LogP contribution in [0.1, 0.15) is 20.3 Å². The summed E-state index contributed by atoms with van der Waals surface area (Å²) in [6.45, 7) is 7.81. The summed E-state index contributed by atoms with van der Waals surface area (Å²) in [5.74, 6) is 0. The first-order valence-corrected chi connectivity index (χ1v) is 5.68. The average Bonchev–Trinajstić information content (AvgIpc) is 2.04. The molecule has 0 aliphatic carbocycles. The molecule has 9 N–H and O–H groups in total. The van der Waals surface area contributed by atoms with Crippen molar-refractivity contribution in [3.63, 3.8) is 0 Å². The Hall–Kier alpha value is -0.290. The Morgan fingerprint density at radius 3 is 1.62 bits per heavy atom. The minimum absolute atomic E-state index is 0. The molecule has 0 aliphatic rings. The largest absolute Gasteiger partial charge is 0.759 e. The van der Waals surface area contributed by atoms with Gasteiger partial charge in [0.2, 0.25) is 0 Å². The van der Waals surface area contributed by atoms with Crippen molar-refractivity contribution in [2.45, 2.75) is 20.3 Å². The van der Waals surface area contributed by atoms with Crippen LogP contribution in [0.4, 0.5) is 0 Å². The van der Waals surface area contributed by atoms with Crippen molar-refractivity contribution >= 4 is 10.4 Å². The van der Waals surface area contributed by atoms with E-state index in [-0.39, 0.29) is 12.3 Å². The summed E-state index contributed by atoms with van der Waals surface area (Å²) < 4.78 is 34.1. The molecule has 0 fully saturated rings. The van der Waals surface area contributed by atoms with Gasteiger partial charge in [-0.15, -0.1) is 0 Å². The monoisotopic (exact) mass is 263 g/mol. The van der Waals surface area contributed by atoms with Crippen LogP contribution in [0.2, 0.25) is 0 Å². The van der Waals surface area contributed by atoms with Gasteiger partial charge in [0.1, 0.15) is 0 Å². The van der Waals surface area contributed by atoms with Crippen molar-refractivity contribution < 1.29 is 22.6 Å². The van der Waals surface area contributed by atoms with Gasteiger partial charge in [-0.1, -0.05) is 13.8 Å². The molecular formula is C7H25N3O5S. The Morgan fingerprint density at radius 2 is 1.44 bits per heavy atom. The first kappa shape index (κ1) is 24.8. The van der Waals surface area contributed by atoms with E-state index in [1.165, 1.54) is 0 Å². The third-order valence-electron chi connectivity index (χ3n) is 1.53. The van der Waals surface area contributed by atoms with Gasteiger partial charge >= 0.3 is 0 Å². The van der Waals surface area contributed by atoms with Crippen LogP contribution in [0.3, 0.4) is 0 Å². The van der Waals surface area contributed by atoms with E-state index in [9.17, 15) is 0 Å². The Balaban J connectivity index is -0.0000000904. The highest BCUT2D eigenvalue weighted by molar-refractivity contribution is 7.79. The molecule has 0 heterocycles. The van der Waals surface area contributed by atoms with Crippen molar-refractivity contribution in [2.24, 2.45) is 0 Å². The fourth-order valence-electron chi connectivity index (χ4n) is 0.834. The SMILES string of the molecule is CCN(CC)CCCO.O=S(=O)([O-])[O-].[NH4+].[NH4+]. The summed E-state index contributed by atoms with van der Waals surface area (Å²) in [6.07, 6.45) is 0.904. The van der Waals surface area contributed by atoms with Gasteiger partial charge < -0.3 is 31.4 Å². The standard InChI is InChI=1S/C7H17NO.2H3N.H2O4S/c1-3-8(4-2)6-5-7-9;;;1-5(2,3)4/h9H,3-7H2,1-2H3;2*1H3;(H2,1,2,3,4). The van der Waals surface area contributed by atoms with Crippen molar-refractivity contribution in [1.82, 2.24) is 17.2 Å². The van der Waals surface area contributed by atoms with Gasteiger partial charge in [-0.2, -0.15) is 0 Å². The van der Waals surface area contributed by atoms with Crippen LogP contribution < -0.4 is 12.3 Å². The fourth-order valence-corrected chi connectivity index (χ4v) is 0.834. The van der Waals surface area contributed by atoms with E-state index < -0.39 is 10.4 Å². The molecule has 0 aromatic rings. The lowest BCUT2D eigenvalue weighted by atomic mass is 10.4. The van der Waals surface area contributed by atoms with Crippen molar-refractivity contribution in [3.05, 3.63) is 0 Å². The Kier molecular flexibility index (Phi) is 22.8. The molecule has 0 amide bonds. The molecule has 0 atom stereocenters. The summed E-state index contributed by atoms with van der Waals surface area (Å²) in [5.41, 5.74) is 0. The highest BCUT2D eigenvalue weighted by Crippen LogP contribution is 1.88. The van der Waals surface area contributed by atoms with Crippen molar-refractivity contribution in [1.29, 1.82) is 0 Å². The van der Waals surface area contributed by atoms with E-state index in [2.05, 4.69) is 18.7 Å². The van der Waals surface area contributed by atoms with Crippen molar-refractivity contribution in [3.8, 4) is 0 Å². The predicted octanol–water partition coefficient (Wildman–Crippen LogP) is 0.125. The van der Waals surface area contributed by atoms with Crippen LogP contribution in [-0.2, 0) is 10.4 Å². The molecular weight excluding hydrogens is 238 g/mol. The lowest BCUT2D eigenvalue weighted by molar-refractivity contribution is 0.236. The number of rotatable bonds is 5. The molecule has 8 nitrogen and oxygen atoms in total. The van der Waals surface area contributed by atoms with Gasteiger partial charge in [-0.25, -0.2) is 0 Å². The zero-order chi connectivity index (χ0) is 11.6. The van der Waals surface area contributed by atoms with Crippen LogP contribution in [0.5, 0.6) is 0 Å². The average molecular weight is 263 g/mol. The highest BCUT2D eigenvalue weighted by atomic mass is 32.3. The molecule has 0 aliphatic heterocycles. The molecule has 0 saturated heterocycles. The van der Waals surface area contributed by atoms with E-state index in [0.717, 1.165) is 26.1 Å². The molecule has 0 aromatic carbocycles. The van der Waals surface area contributed by atoms with Gasteiger partial charge in [0.25, 0.3) is 0 Å². The topological polar surface area (TPSA) is 177 Å². The predicted molar refractivity (Wildman–Crippen MR) is 61.9 cm³/mol. The lowest BCUT2D eigenvalue weighted by Gasteiger charge is -2.16. The maximum absolute atomic E-state index is 8.52. The number of hydrogen-bond acceptors (Lipinski definition) is 6. The quantitative estimate of drug-likeness (QED) is 0.468. The normalized spacial score (nSPS) is 9.62. The third kappa shape index (κ3) is 37.3. The molecule has 0 aromatic heterocycles. The summed E-state index contributed by atoms with van der Waals surface area (Å²) in [5, 5.41) is 8.48. The summed E-state index contributed by atoms with van der Waals surface area (Å²) in [6, 6.07) is 0. The van der Waals surface area contributed by atoms with Crippen LogP contribution in [0.25, 0.3) is 0 Å². The van der Waals surface area contributed by atoms with Gasteiger partial charge in [-0.3, -0.25) is 8.42 Å². The van der Waals surface area contributed by atoms with E-state index in [4.69, 9.17) is 22.6 Å². The van der Waals surface area contributed by atoms with E-state index in [1.807, 2.05) is 0 Å². The molecule has 104 valence electrons. The van der Waals surface area contributed by atoms with Gasteiger partial charge in [0, 0.05) is 23.6 Å². The van der Waals surface area contributed by atoms with Crippen LogP contribution in [0.15, 0.2) is 0 Å². The maximum Gasteiger partial charge on any atom is 0.0443 e. The molecule has 0 rings (SSSR count). The Bertz CT molecular complexity index is 198. The maximum atomic E-state index is 8.52. The van der Waals surface area contributed by atoms with Crippen LogP contribution >= 0.6 is 0 Å². The number of quaternary nitrogens is 2. The molecule has 0 bridgehead atoms. The van der Waals surface area contributed by atoms with E-state index in [1.54, 1.807) is 0 Å². The zero-order valence-electron chi connectivity index (χ0n) is 10.5. The third-order valence-corrected chi connectivity index (χ3v) is 1.53.